The van der Waals surface area contributed by atoms with Gasteiger partial charge in [0.2, 0.25) is 0 Å². The Morgan fingerprint density at radius 1 is 0.700 bits per heavy atom. The van der Waals surface area contributed by atoms with Crippen molar-refractivity contribution < 1.29 is 25.3 Å². The van der Waals surface area contributed by atoms with Crippen LogP contribution in [0.3, 0.4) is 0 Å². The molecule has 0 aliphatic heterocycles. The Morgan fingerprint density at radius 2 is 1.07 bits per heavy atom. The summed E-state index contributed by atoms with van der Waals surface area (Å²) in [6.45, 7) is 4.73. The van der Waals surface area contributed by atoms with E-state index in [9.17, 15) is 10.2 Å². The van der Waals surface area contributed by atoms with Crippen LogP contribution < -0.4 is 0 Å². The maximum absolute atomic E-state index is 10.7. The van der Waals surface area contributed by atoms with Crippen LogP contribution in [0.25, 0.3) is 22.8 Å². The third kappa shape index (κ3) is 6.69. The van der Waals surface area contributed by atoms with Gasteiger partial charge in [0.05, 0.1) is 11.2 Å². The minimum Gasteiger partial charge on any atom is -0.402 e. The predicted octanol–water partition coefficient (Wildman–Crippen LogP) is 1.22. The van der Waals surface area contributed by atoms with Crippen LogP contribution in [0.5, 0.6) is 0 Å². The van der Waals surface area contributed by atoms with Gasteiger partial charge in [0.25, 0.3) is 0 Å². The molecule has 9 heteroatoms. The Morgan fingerprint density at radius 3 is 1.40 bits per heavy atom. The highest BCUT2D eigenvalue weighted by molar-refractivity contribution is 6.30. The molecular weight excluding hydrogens is 385 g/mol. The second-order valence-electron chi connectivity index (χ2n) is 7.49. The standard InChI is InChI=1S/C21H23N3O2.BH3O3/c1-20(2,25)21(3,26)14-17-22-18(15-10-6-4-7-11-15)24-19(23-17)16-12-8-5-9-13-16;2-1(3)4/h4-13,25-26H,14H2,1-3H3;2-4H. The normalized spacial score (nSPS) is 13.1. The van der Waals surface area contributed by atoms with Crippen LogP contribution in [0.4, 0.5) is 0 Å². The first-order valence-corrected chi connectivity index (χ1v) is 9.34. The molecule has 2 aromatic carbocycles. The average molecular weight is 411 g/mol. The van der Waals surface area contributed by atoms with Gasteiger partial charge >= 0.3 is 7.32 Å². The molecule has 0 aliphatic rings. The van der Waals surface area contributed by atoms with Crippen LogP contribution in [-0.4, -0.2) is 58.8 Å². The van der Waals surface area contributed by atoms with Gasteiger partial charge in [-0.1, -0.05) is 60.7 Å². The fraction of sp³-hybridized carbons (Fsp3) is 0.286. The summed E-state index contributed by atoms with van der Waals surface area (Å²) in [5.74, 6) is 1.52. The summed E-state index contributed by atoms with van der Waals surface area (Å²) in [6, 6.07) is 19.3. The second kappa shape index (κ2) is 9.88. The highest BCUT2D eigenvalue weighted by Gasteiger charge is 2.38. The predicted molar refractivity (Wildman–Crippen MR) is 114 cm³/mol. The van der Waals surface area contributed by atoms with Gasteiger partial charge in [0.15, 0.2) is 11.6 Å². The zero-order chi connectivity index (χ0) is 22.4. The number of nitrogens with zero attached hydrogens (tertiary/aromatic N) is 3. The van der Waals surface area contributed by atoms with Crippen molar-refractivity contribution in [3.63, 3.8) is 0 Å². The molecular formula is C21H26BN3O5. The molecule has 0 aliphatic carbocycles. The van der Waals surface area contributed by atoms with Gasteiger partial charge in [-0.15, -0.1) is 0 Å². The molecule has 8 nitrogen and oxygen atoms in total. The largest absolute Gasteiger partial charge is 0.631 e. The lowest BCUT2D eigenvalue weighted by atomic mass is 9.84. The van der Waals surface area contributed by atoms with Gasteiger partial charge in [-0.05, 0) is 20.8 Å². The molecule has 30 heavy (non-hydrogen) atoms. The van der Waals surface area contributed by atoms with Crippen molar-refractivity contribution in [2.24, 2.45) is 0 Å². The van der Waals surface area contributed by atoms with Gasteiger partial charge in [0, 0.05) is 17.5 Å². The molecule has 3 rings (SSSR count). The summed E-state index contributed by atoms with van der Waals surface area (Å²) in [6.07, 6.45) is 0.110. The van der Waals surface area contributed by atoms with Gasteiger partial charge in [0.1, 0.15) is 5.82 Å². The Hall–Kier alpha value is -2.69. The Balaban J connectivity index is 0.000000735. The third-order valence-electron chi connectivity index (χ3n) is 4.57. The molecule has 158 valence electrons. The van der Waals surface area contributed by atoms with E-state index in [0.717, 1.165) is 11.1 Å². The number of rotatable bonds is 5. The molecule has 0 bridgehead atoms. The maximum Gasteiger partial charge on any atom is 0.631 e. The fourth-order valence-corrected chi connectivity index (χ4v) is 2.46. The average Bonchev–Trinajstić information content (AvgIpc) is 2.67. The van der Waals surface area contributed by atoms with E-state index in [1.165, 1.54) is 0 Å². The van der Waals surface area contributed by atoms with E-state index >= 15 is 0 Å². The van der Waals surface area contributed by atoms with E-state index in [-0.39, 0.29) is 6.42 Å². The third-order valence-corrected chi connectivity index (χ3v) is 4.57. The van der Waals surface area contributed by atoms with Crippen molar-refractivity contribution in [2.75, 3.05) is 0 Å². The van der Waals surface area contributed by atoms with Gasteiger partial charge < -0.3 is 25.3 Å². The lowest BCUT2D eigenvalue weighted by Gasteiger charge is -2.35. The molecule has 3 aromatic rings. The molecule has 0 radical (unpaired) electrons. The Labute approximate surface area is 175 Å². The van der Waals surface area contributed by atoms with E-state index in [2.05, 4.69) is 15.0 Å². The summed E-state index contributed by atoms with van der Waals surface area (Å²) >= 11 is 0. The lowest BCUT2D eigenvalue weighted by molar-refractivity contribution is -0.119. The van der Waals surface area contributed by atoms with E-state index in [1.807, 2.05) is 60.7 Å². The summed E-state index contributed by atoms with van der Waals surface area (Å²) in [5.41, 5.74) is -0.928. The number of aliphatic hydroxyl groups is 2. The van der Waals surface area contributed by atoms with Crippen LogP contribution in [0.15, 0.2) is 60.7 Å². The van der Waals surface area contributed by atoms with Crippen molar-refractivity contribution in [1.82, 2.24) is 15.0 Å². The highest BCUT2D eigenvalue weighted by atomic mass is 16.5. The second-order valence-corrected chi connectivity index (χ2v) is 7.49. The molecule has 0 saturated carbocycles. The van der Waals surface area contributed by atoms with Crippen LogP contribution >= 0.6 is 0 Å². The Kier molecular flexibility index (Phi) is 7.77. The van der Waals surface area contributed by atoms with Crippen LogP contribution in [0.1, 0.15) is 26.6 Å². The van der Waals surface area contributed by atoms with E-state index in [4.69, 9.17) is 15.1 Å². The van der Waals surface area contributed by atoms with Crippen molar-refractivity contribution in [2.45, 2.75) is 38.4 Å². The molecule has 0 fully saturated rings. The number of benzene rings is 2. The minimum atomic E-state index is -2.17. The zero-order valence-corrected chi connectivity index (χ0v) is 17.1. The first kappa shape index (κ1) is 23.6. The Bertz CT molecular complexity index is 872. The van der Waals surface area contributed by atoms with Crippen LogP contribution in [0.2, 0.25) is 0 Å². The maximum atomic E-state index is 10.7. The van der Waals surface area contributed by atoms with E-state index in [0.29, 0.717) is 17.5 Å². The molecule has 1 atom stereocenters. The molecule has 1 heterocycles. The lowest BCUT2D eigenvalue weighted by Crippen LogP contribution is -2.49. The van der Waals surface area contributed by atoms with Crippen molar-refractivity contribution in [1.29, 1.82) is 0 Å². The quantitative estimate of drug-likeness (QED) is 0.395. The number of hydrogen-bond donors (Lipinski definition) is 5. The van der Waals surface area contributed by atoms with Crippen molar-refractivity contribution in [3.05, 3.63) is 66.5 Å². The monoisotopic (exact) mass is 411 g/mol. The summed E-state index contributed by atoms with van der Waals surface area (Å²) in [4.78, 5) is 13.7. The fourth-order valence-electron chi connectivity index (χ4n) is 2.46. The summed E-state index contributed by atoms with van der Waals surface area (Å²) < 4.78 is 0. The zero-order valence-electron chi connectivity index (χ0n) is 17.1. The summed E-state index contributed by atoms with van der Waals surface area (Å²) in [7, 11) is -2.17. The molecule has 1 aromatic heterocycles. The molecule has 0 saturated heterocycles. The smallest absolute Gasteiger partial charge is 0.402 e. The van der Waals surface area contributed by atoms with Crippen LogP contribution in [0, 0.1) is 0 Å². The molecule has 0 spiro atoms. The molecule has 0 amide bonds. The number of hydrogen-bond acceptors (Lipinski definition) is 8. The van der Waals surface area contributed by atoms with Gasteiger partial charge in [-0.25, -0.2) is 15.0 Å². The topological polar surface area (TPSA) is 140 Å². The van der Waals surface area contributed by atoms with Crippen molar-refractivity contribution >= 4 is 7.32 Å². The first-order valence-electron chi connectivity index (χ1n) is 9.34. The minimum absolute atomic E-state index is 0.110. The van der Waals surface area contributed by atoms with Gasteiger partial charge in [-0.2, -0.15) is 0 Å². The molecule has 1 unspecified atom stereocenters. The summed E-state index contributed by atoms with van der Waals surface area (Å²) in [5, 5.41) is 42.4. The number of aromatic nitrogens is 3. The van der Waals surface area contributed by atoms with E-state index in [1.54, 1.807) is 20.8 Å². The van der Waals surface area contributed by atoms with Crippen molar-refractivity contribution in [3.8, 4) is 22.8 Å². The highest BCUT2D eigenvalue weighted by Crippen LogP contribution is 2.26. The van der Waals surface area contributed by atoms with Crippen LogP contribution in [-0.2, 0) is 6.42 Å². The molecule has 5 N–H and O–H groups in total. The first-order chi connectivity index (χ1) is 14.0. The van der Waals surface area contributed by atoms with E-state index < -0.39 is 18.5 Å². The SMILES string of the molecule is CC(C)(O)C(C)(O)Cc1nc(-c2ccccc2)nc(-c2ccccc2)n1.OB(O)O. The van der Waals surface area contributed by atoms with Gasteiger partial charge in [-0.3, -0.25) is 0 Å².